The van der Waals surface area contributed by atoms with Gasteiger partial charge in [0.05, 0.1) is 19.1 Å². The van der Waals surface area contributed by atoms with Gasteiger partial charge in [-0.15, -0.1) is 0 Å². The summed E-state index contributed by atoms with van der Waals surface area (Å²) < 4.78 is 5.50. The van der Waals surface area contributed by atoms with E-state index in [9.17, 15) is 9.59 Å². The minimum atomic E-state index is -0.805. The SMILES string of the molecule is CN1CC(C(=O)NCCN2CCOCC2(C)C)CCC1C(=O)O. The number of likely N-dealkylation sites (tertiary alicyclic amines) is 1. The van der Waals surface area contributed by atoms with Crippen LogP contribution in [-0.4, -0.2) is 84.8 Å². The lowest BCUT2D eigenvalue weighted by Crippen LogP contribution is -2.55. The average molecular weight is 327 g/mol. The van der Waals surface area contributed by atoms with Crippen molar-refractivity contribution in [3.63, 3.8) is 0 Å². The van der Waals surface area contributed by atoms with Crippen LogP contribution in [0.5, 0.6) is 0 Å². The van der Waals surface area contributed by atoms with Crippen LogP contribution in [0.4, 0.5) is 0 Å². The molecular formula is C16H29N3O4. The number of carbonyl (C=O) groups excluding carboxylic acids is 1. The molecule has 0 aromatic rings. The van der Waals surface area contributed by atoms with Gasteiger partial charge in [0, 0.05) is 31.7 Å². The lowest BCUT2D eigenvalue weighted by Gasteiger charge is -2.42. The van der Waals surface area contributed by atoms with Gasteiger partial charge in [-0.25, -0.2) is 0 Å². The minimum absolute atomic E-state index is 0.00272. The quantitative estimate of drug-likeness (QED) is 0.740. The van der Waals surface area contributed by atoms with Crippen molar-refractivity contribution in [2.24, 2.45) is 5.92 Å². The Kier molecular flexibility index (Phi) is 6.00. The molecule has 2 unspecified atom stereocenters. The third-order valence-electron chi connectivity index (χ3n) is 4.98. The van der Waals surface area contributed by atoms with Gasteiger partial charge in [-0.1, -0.05) is 0 Å². The largest absolute Gasteiger partial charge is 0.480 e. The molecule has 7 heteroatoms. The highest BCUT2D eigenvalue weighted by Crippen LogP contribution is 2.21. The third kappa shape index (κ3) is 4.65. The summed E-state index contributed by atoms with van der Waals surface area (Å²) in [6.07, 6.45) is 1.16. The highest BCUT2D eigenvalue weighted by atomic mass is 16.5. The zero-order valence-electron chi connectivity index (χ0n) is 14.4. The van der Waals surface area contributed by atoms with Gasteiger partial charge in [0.1, 0.15) is 6.04 Å². The molecule has 0 saturated carbocycles. The number of carbonyl (C=O) groups is 2. The first kappa shape index (κ1) is 18.2. The summed E-state index contributed by atoms with van der Waals surface area (Å²) in [5.74, 6) is -0.888. The van der Waals surface area contributed by atoms with Crippen molar-refractivity contribution in [3.05, 3.63) is 0 Å². The van der Waals surface area contributed by atoms with Crippen LogP contribution in [0.2, 0.25) is 0 Å². The normalized spacial score (nSPS) is 29.2. The fraction of sp³-hybridized carbons (Fsp3) is 0.875. The molecule has 0 aromatic heterocycles. The number of carboxylic acids is 1. The summed E-state index contributed by atoms with van der Waals surface area (Å²) in [4.78, 5) is 27.5. The zero-order valence-corrected chi connectivity index (χ0v) is 14.4. The summed E-state index contributed by atoms with van der Waals surface area (Å²) in [7, 11) is 1.77. The Morgan fingerprint density at radius 3 is 2.70 bits per heavy atom. The Balaban J connectivity index is 1.74. The number of aliphatic carboxylic acids is 1. The number of hydrogen-bond donors (Lipinski definition) is 2. The summed E-state index contributed by atoms with van der Waals surface area (Å²) in [5, 5.41) is 12.1. The van der Waals surface area contributed by atoms with Crippen molar-refractivity contribution in [3.8, 4) is 0 Å². The molecular weight excluding hydrogens is 298 g/mol. The van der Waals surface area contributed by atoms with E-state index in [0.29, 0.717) is 32.5 Å². The number of nitrogens with one attached hydrogen (secondary N) is 1. The number of hydrogen-bond acceptors (Lipinski definition) is 5. The van der Waals surface area contributed by atoms with E-state index in [4.69, 9.17) is 9.84 Å². The number of piperidine rings is 1. The monoisotopic (exact) mass is 327 g/mol. The summed E-state index contributed by atoms with van der Waals surface area (Å²) in [6.45, 7) is 8.56. The number of amides is 1. The Hall–Kier alpha value is -1.18. The van der Waals surface area contributed by atoms with Crippen LogP contribution >= 0.6 is 0 Å². The van der Waals surface area contributed by atoms with Crippen LogP contribution < -0.4 is 5.32 Å². The first-order chi connectivity index (χ1) is 10.8. The maximum atomic E-state index is 12.3. The zero-order chi connectivity index (χ0) is 17.0. The van der Waals surface area contributed by atoms with E-state index in [1.54, 1.807) is 11.9 Å². The molecule has 2 atom stereocenters. The second kappa shape index (κ2) is 7.59. The van der Waals surface area contributed by atoms with Crippen molar-refractivity contribution in [1.29, 1.82) is 0 Å². The van der Waals surface area contributed by atoms with Gasteiger partial charge in [-0.2, -0.15) is 0 Å². The molecule has 2 N–H and O–H groups in total. The van der Waals surface area contributed by atoms with E-state index >= 15 is 0 Å². The minimum Gasteiger partial charge on any atom is -0.480 e. The van der Waals surface area contributed by atoms with E-state index in [-0.39, 0.29) is 17.4 Å². The molecule has 0 bridgehead atoms. The van der Waals surface area contributed by atoms with E-state index in [0.717, 1.165) is 19.7 Å². The van der Waals surface area contributed by atoms with E-state index < -0.39 is 12.0 Å². The van der Waals surface area contributed by atoms with Crippen molar-refractivity contribution >= 4 is 11.9 Å². The second-order valence-corrected chi connectivity index (χ2v) is 7.21. The van der Waals surface area contributed by atoms with Crippen LogP contribution in [-0.2, 0) is 14.3 Å². The van der Waals surface area contributed by atoms with Crippen LogP contribution in [0.1, 0.15) is 26.7 Å². The molecule has 132 valence electrons. The Morgan fingerprint density at radius 1 is 1.35 bits per heavy atom. The highest BCUT2D eigenvalue weighted by molar-refractivity contribution is 5.80. The Bertz CT molecular complexity index is 441. The number of carboxylic acid groups (broad SMARTS) is 1. The van der Waals surface area contributed by atoms with Crippen LogP contribution in [0, 0.1) is 5.92 Å². The number of nitrogens with zero attached hydrogens (tertiary/aromatic N) is 2. The molecule has 2 aliphatic heterocycles. The molecule has 1 amide bonds. The van der Waals surface area contributed by atoms with E-state index in [1.165, 1.54) is 0 Å². The van der Waals surface area contributed by atoms with Gasteiger partial charge >= 0.3 is 5.97 Å². The smallest absolute Gasteiger partial charge is 0.320 e. The lowest BCUT2D eigenvalue weighted by atomic mass is 9.92. The third-order valence-corrected chi connectivity index (χ3v) is 4.98. The van der Waals surface area contributed by atoms with Crippen LogP contribution in [0.25, 0.3) is 0 Å². The molecule has 7 nitrogen and oxygen atoms in total. The number of morpholine rings is 1. The fourth-order valence-corrected chi connectivity index (χ4v) is 3.44. The number of rotatable bonds is 5. The summed E-state index contributed by atoms with van der Waals surface area (Å²) in [5.41, 5.74) is 0.00272. The summed E-state index contributed by atoms with van der Waals surface area (Å²) in [6, 6.07) is -0.465. The molecule has 0 aliphatic carbocycles. The van der Waals surface area contributed by atoms with Crippen molar-refractivity contribution in [2.45, 2.75) is 38.3 Å². The maximum absolute atomic E-state index is 12.3. The van der Waals surface area contributed by atoms with Gasteiger partial charge in [0.25, 0.3) is 0 Å². The van der Waals surface area contributed by atoms with Crippen LogP contribution in [0.3, 0.4) is 0 Å². The molecule has 0 radical (unpaired) electrons. The Morgan fingerprint density at radius 2 is 2.09 bits per heavy atom. The molecule has 2 saturated heterocycles. The number of likely N-dealkylation sites (N-methyl/N-ethyl adjacent to an activating group) is 1. The van der Waals surface area contributed by atoms with Gasteiger partial charge in [0.15, 0.2) is 0 Å². The molecule has 2 heterocycles. The van der Waals surface area contributed by atoms with E-state index in [1.807, 2.05) is 0 Å². The Labute approximate surface area is 138 Å². The highest BCUT2D eigenvalue weighted by Gasteiger charge is 2.34. The fourth-order valence-electron chi connectivity index (χ4n) is 3.44. The number of ether oxygens (including phenoxy) is 1. The predicted molar refractivity (Wildman–Crippen MR) is 86.3 cm³/mol. The van der Waals surface area contributed by atoms with Crippen molar-refractivity contribution < 1.29 is 19.4 Å². The molecule has 2 rings (SSSR count). The topological polar surface area (TPSA) is 82.1 Å². The lowest BCUT2D eigenvalue weighted by molar-refractivity contribution is -0.146. The molecule has 0 spiro atoms. The molecule has 2 fully saturated rings. The predicted octanol–water partition coefficient (Wildman–Crippen LogP) is 0.00840. The first-order valence-electron chi connectivity index (χ1n) is 8.35. The second-order valence-electron chi connectivity index (χ2n) is 7.21. The van der Waals surface area contributed by atoms with Crippen molar-refractivity contribution in [2.75, 3.05) is 46.4 Å². The average Bonchev–Trinajstić information content (AvgIpc) is 2.48. The van der Waals surface area contributed by atoms with Crippen LogP contribution in [0.15, 0.2) is 0 Å². The standard InChI is InChI=1S/C16H29N3O4/c1-16(2)11-23-9-8-19(16)7-6-17-14(20)12-4-5-13(15(21)22)18(3)10-12/h12-13H,4-11H2,1-3H3,(H,17,20)(H,21,22). The van der Waals surface area contributed by atoms with Gasteiger partial charge < -0.3 is 15.2 Å². The first-order valence-corrected chi connectivity index (χ1v) is 8.35. The molecule has 2 aliphatic rings. The van der Waals surface area contributed by atoms with Gasteiger partial charge in [0.2, 0.25) is 5.91 Å². The maximum Gasteiger partial charge on any atom is 0.320 e. The van der Waals surface area contributed by atoms with Gasteiger partial charge in [-0.05, 0) is 33.7 Å². The van der Waals surface area contributed by atoms with Gasteiger partial charge in [-0.3, -0.25) is 19.4 Å². The molecule has 0 aromatic carbocycles. The van der Waals surface area contributed by atoms with E-state index in [2.05, 4.69) is 24.1 Å². The summed E-state index contributed by atoms with van der Waals surface area (Å²) >= 11 is 0. The van der Waals surface area contributed by atoms with Crippen molar-refractivity contribution in [1.82, 2.24) is 15.1 Å². The molecule has 23 heavy (non-hydrogen) atoms.